The van der Waals surface area contributed by atoms with E-state index < -0.39 is 46.0 Å². The average Bonchev–Trinajstić information content (AvgIpc) is 3.33. The highest BCUT2D eigenvalue weighted by Crippen LogP contribution is 2.45. The third-order valence-electron chi connectivity index (χ3n) is 6.80. The number of imidazole rings is 1. The molecule has 7 nitrogen and oxygen atoms in total. The minimum absolute atomic E-state index is 0.0224. The summed E-state index contributed by atoms with van der Waals surface area (Å²) in [6.45, 7) is 0.557. The number of benzene rings is 3. The molecule has 0 aliphatic heterocycles. The number of nitrogens with one attached hydrogen (secondary N) is 1. The number of nitrogens with zero attached hydrogens (tertiary/aromatic N) is 2. The van der Waals surface area contributed by atoms with E-state index in [0.29, 0.717) is 24.0 Å². The van der Waals surface area contributed by atoms with Gasteiger partial charge in [-0.15, -0.1) is 0 Å². The normalized spacial score (nSPS) is 12.4. The molecule has 3 aromatic carbocycles. The minimum Gasteiger partial charge on any atom is -0.390 e. The maximum atomic E-state index is 14.3. The Kier molecular flexibility index (Phi) is 9.81. The van der Waals surface area contributed by atoms with Gasteiger partial charge in [-0.3, -0.25) is 4.79 Å². The van der Waals surface area contributed by atoms with Crippen molar-refractivity contribution >= 4 is 27.5 Å². The number of rotatable bonds is 11. The topological polar surface area (TPSA) is 101 Å². The lowest BCUT2D eigenvalue weighted by Crippen LogP contribution is -2.35. The van der Waals surface area contributed by atoms with Crippen LogP contribution in [0.15, 0.2) is 77.7 Å². The largest absolute Gasteiger partial charge is 0.459 e. The molecule has 0 spiro atoms. The number of sulfonamides is 1. The van der Waals surface area contributed by atoms with E-state index in [1.807, 2.05) is 11.6 Å². The summed E-state index contributed by atoms with van der Waals surface area (Å²) >= 11 is 5.91. The number of aliphatic hydroxyl groups excluding tert-OH is 1. The van der Waals surface area contributed by atoms with Gasteiger partial charge in [0.25, 0.3) is 15.9 Å². The van der Waals surface area contributed by atoms with Crippen LogP contribution in [-0.4, -0.2) is 35.2 Å². The Bertz CT molecular complexity index is 1760. The van der Waals surface area contributed by atoms with Crippen molar-refractivity contribution in [2.24, 2.45) is 0 Å². The van der Waals surface area contributed by atoms with E-state index in [9.17, 15) is 40.3 Å². The highest BCUT2D eigenvalue weighted by molar-refractivity contribution is 7.90. The summed E-state index contributed by atoms with van der Waals surface area (Å²) in [7, 11) is -4.35. The average molecular weight is 656 g/mol. The number of aryl methyl sites for hydroxylation is 1. The Balaban J connectivity index is 1.66. The second kappa shape index (κ2) is 13.0. The first-order chi connectivity index (χ1) is 20.7. The number of hydrogen-bond donors (Lipinski definition) is 2. The van der Waals surface area contributed by atoms with E-state index in [4.69, 9.17) is 11.6 Å². The first kappa shape index (κ1) is 33.1. The number of aromatic nitrogens is 2. The Hall–Kier alpha value is -3.81. The third kappa shape index (κ3) is 6.95. The predicted octanol–water partition coefficient (Wildman–Crippen LogP) is 6.86. The van der Waals surface area contributed by atoms with E-state index >= 15 is 0 Å². The van der Waals surface area contributed by atoms with Gasteiger partial charge >= 0.3 is 12.1 Å². The van der Waals surface area contributed by atoms with Crippen molar-refractivity contribution in [3.63, 3.8) is 0 Å². The van der Waals surface area contributed by atoms with Crippen molar-refractivity contribution < 1.29 is 40.3 Å². The molecule has 0 saturated heterocycles. The van der Waals surface area contributed by atoms with Crippen LogP contribution in [0, 0.1) is 0 Å². The lowest BCUT2D eigenvalue weighted by atomic mass is 10.0. The molecule has 0 bridgehead atoms. The number of carbonyl (C=O) groups excluding carboxylic acids is 1. The fourth-order valence-electron chi connectivity index (χ4n) is 4.57. The Morgan fingerprint density at radius 1 is 1.00 bits per heavy atom. The molecule has 44 heavy (non-hydrogen) atoms. The molecule has 0 unspecified atom stereocenters. The van der Waals surface area contributed by atoms with Crippen LogP contribution in [0.5, 0.6) is 0 Å². The summed E-state index contributed by atoms with van der Waals surface area (Å²) in [6, 6.07) is 17.9. The Morgan fingerprint density at radius 2 is 1.68 bits per heavy atom. The maximum absolute atomic E-state index is 14.3. The first-order valence-corrected chi connectivity index (χ1v) is 15.2. The van der Waals surface area contributed by atoms with Crippen LogP contribution in [0.4, 0.5) is 22.0 Å². The molecule has 234 valence electrons. The highest BCUT2D eigenvalue weighted by Gasteiger charge is 2.61. The monoisotopic (exact) mass is 655 g/mol. The molecule has 4 aromatic rings. The van der Waals surface area contributed by atoms with Crippen molar-refractivity contribution in [1.29, 1.82) is 0 Å². The molecule has 4 rings (SSSR count). The number of amides is 1. The standard InChI is InChI=1S/C30H27ClF5N3O4S/c1-2-3-11-26-37-27(29(32,33)30(34,35)36)24(18-40)39(26)17-19-12-14-20(15-13-19)23-9-4-5-10-25(23)44(42,43)38-28(41)21-7-6-8-22(31)16-21/h4-10,12-16,40H,2-3,11,17-18H2,1H3,(H,38,41). The number of unbranched alkanes of at least 4 members (excludes halogenated alkanes) is 1. The zero-order valence-electron chi connectivity index (χ0n) is 23.2. The van der Waals surface area contributed by atoms with E-state index in [-0.39, 0.29) is 39.8 Å². The van der Waals surface area contributed by atoms with Crippen LogP contribution in [0.25, 0.3) is 11.1 Å². The van der Waals surface area contributed by atoms with E-state index in [1.54, 1.807) is 30.3 Å². The van der Waals surface area contributed by atoms with Crippen LogP contribution in [-0.2, 0) is 35.5 Å². The van der Waals surface area contributed by atoms with Crippen molar-refractivity contribution in [1.82, 2.24) is 14.3 Å². The van der Waals surface area contributed by atoms with Gasteiger partial charge in [-0.05, 0) is 41.8 Å². The van der Waals surface area contributed by atoms with Gasteiger partial charge in [0, 0.05) is 29.1 Å². The minimum atomic E-state index is -5.90. The third-order valence-corrected chi connectivity index (χ3v) is 8.43. The summed E-state index contributed by atoms with van der Waals surface area (Å²) < 4.78 is 97.9. The van der Waals surface area contributed by atoms with Crippen LogP contribution in [0.2, 0.25) is 5.02 Å². The SMILES string of the molecule is CCCCc1nc(C(F)(F)C(F)(F)F)c(CO)n1Cc1ccc(-c2ccccc2S(=O)(=O)NC(=O)c2cccc(Cl)c2)cc1. The summed E-state index contributed by atoms with van der Waals surface area (Å²) in [4.78, 5) is 16.1. The fourth-order valence-corrected chi connectivity index (χ4v) is 5.97. The van der Waals surface area contributed by atoms with Crippen LogP contribution in [0.3, 0.4) is 0 Å². The second-order valence-electron chi connectivity index (χ2n) is 9.88. The van der Waals surface area contributed by atoms with Gasteiger partial charge < -0.3 is 9.67 Å². The molecular formula is C30H27ClF5N3O4S. The molecule has 0 aliphatic rings. The molecule has 1 aromatic heterocycles. The second-order valence-corrected chi connectivity index (χ2v) is 12.0. The molecular weight excluding hydrogens is 629 g/mol. The quantitative estimate of drug-likeness (QED) is 0.172. The zero-order valence-corrected chi connectivity index (χ0v) is 24.8. The maximum Gasteiger partial charge on any atom is 0.459 e. The first-order valence-electron chi connectivity index (χ1n) is 13.3. The molecule has 2 N–H and O–H groups in total. The molecule has 1 amide bonds. The van der Waals surface area contributed by atoms with E-state index in [0.717, 1.165) is 4.57 Å². The van der Waals surface area contributed by atoms with Crippen molar-refractivity contribution in [2.75, 3.05) is 0 Å². The number of hydrogen-bond acceptors (Lipinski definition) is 5. The molecule has 0 saturated carbocycles. The molecule has 0 aliphatic carbocycles. The van der Waals surface area contributed by atoms with Crippen molar-refractivity contribution in [3.8, 4) is 11.1 Å². The Morgan fingerprint density at radius 3 is 2.30 bits per heavy atom. The summed E-state index contributed by atoms with van der Waals surface area (Å²) in [5, 5.41) is 10.1. The number of halogens is 6. The summed E-state index contributed by atoms with van der Waals surface area (Å²) in [5.41, 5.74) is -0.994. The predicted molar refractivity (Wildman–Crippen MR) is 154 cm³/mol. The van der Waals surface area contributed by atoms with E-state index in [2.05, 4.69) is 4.98 Å². The highest BCUT2D eigenvalue weighted by atomic mass is 35.5. The van der Waals surface area contributed by atoms with Gasteiger partial charge in [-0.25, -0.2) is 18.1 Å². The van der Waals surface area contributed by atoms with Gasteiger partial charge in [0.1, 0.15) is 11.5 Å². The van der Waals surface area contributed by atoms with Crippen LogP contribution >= 0.6 is 11.6 Å². The molecule has 0 radical (unpaired) electrons. The molecule has 14 heteroatoms. The molecule has 0 atom stereocenters. The molecule has 1 heterocycles. The number of carbonyl (C=O) groups is 1. The lowest BCUT2D eigenvalue weighted by Gasteiger charge is -2.19. The van der Waals surface area contributed by atoms with Crippen LogP contribution in [0.1, 0.15) is 52.9 Å². The van der Waals surface area contributed by atoms with Gasteiger partial charge in [-0.1, -0.05) is 73.5 Å². The van der Waals surface area contributed by atoms with Crippen LogP contribution < -0.4 is 4.72 Å². The molecule has 0 fully saturated rings. The summed E-state index contributed by atoms with van der Waals surface area (Å²) in [6.07, 6.45) is -4.69. The van der Waals surface area contributed by atoms with Gasteiger partial charge in [0.05, 0.1) is 17.2 Å². The number of aliphatic hydroxyl groups is 1. The van der Waals surface area contributed by atoms with Gasteiger partial charge in [0.15, 0.2) is 0 Å². The van der Waals surface area contributed by atoms with E-state index in [1.165, 1.54) is 42.5 Å². The van der Waals surface area contributed by atoms with Crippen molar-refractivity contribution in [2.45, 2.75) is 56.3 Å². The Labute approximate surface area is 255 Å². The van der Waals surface area contributed by atoms with Gasteiger partial charge in [-0.2, -0.15) is 22.0 Å². The van der Waals surface area contributed by atoms with Gasteiger partial charge in [0.2, 0.25) is 0 Å². The number of alkyl halides is 5. The summed E-state index contributed by atoms with van der Waals surface area (Å²) in [5.74, 6) is -6.17. The van der Waals surface area contributed by atoms with Crippen molar-refractivity contribution in [3.05, 3.63) is 106 Å². The fraction of sp³-hybridized carbons (Fsp3) is 0.267. The zero-order chi connectivity index (χ0) is 32.3. The lowest BCUT2D eigenvalue weighted by molar-refractivity contribution is -0.291. The smallest absolute Gasteiger partial charge is 0.390 e.